The van der Waals surface area contributed by atoms with Crippen molar-refractivity contribution in [3.63, 3.8) is 0 Å². The van der Waals surface area contributed by atoms with Crippen LogP contribution in [0.15, 0.2) is 22.8 Å². The molecule has 0 bridgehead atoms. The van der Waals surface area contributed by atoms with E-state index in [0.717, 1.165) is 12.8 Å². The van der Waals surface area contributed by atoms with E-state index >= 15 is 0 Å². The number of hydrogen-bond donors (Lipinski definition) is 3. The molecule has 6 nitrogen and oxygen atoms in total. The van der Waals surface area contributed by atoms with E-state index in [1.54, 1.807) is 12.3 Å². The molecule has 118 valence electrons. The van der Waals surface area contributed by atoms with Crippen molar-refractivity contribution in [2.75, 3.05) is 6.54 Å². The normalized spacial score (nSPS) is 13.4. The van der Waals surface area contributed by atoms with Gasteiger partial charge in [0.1, 0.15) is 5.76 Å². The Balaban J connectivity index is 2.21. The smallest absolute Gasteiger partial charge is 0.315 e. The average Bonchev–Trinajstić information content (AvgIpc) is 2.96. The Kier molecular flexibility index (Phi) is 7.36. The van der Waals surface area contributed by atoms with E-state index in [2.05, 4.69) is 10.6 Å². The minimum atomic E-state index is -0.772. The predicted octanol–water partition coefficient (Wildman–Crippen LogP) is 2.92. The molecular formula is C15H24N2O4. The maximum atomic E-state index is 11.7. The third kappa shape index (κ3) is 6.83. The van der Waals surface area contributed by atoms with Crippen molar-refractivity contribution in [3.8, 4) is 0 Å². The van der Waals surface area contributed by atoms with Crippen molar-refractivity contribution < 1.29 is 19.1 Å². The minimum Gasteiger partial charge on any atom is -0.481 e. The molecule has 0 radical (unpaired) electrons. The van der Waals surface area contributed by atoms with Crippen molar-refractivity contribution in [1.82, 2.24) is 10.6 Å². The number of rotatable bonds is 9. The molecular weight excluding hydrogens is 272 g/mol. The lowest BCUT2D eigenvalue weighted by Crippen LogP contribution is -2.37. The molecule has 0 saturated carbocycles. The Labute approximate surface area is 124 Å². The van der Waals surface area contributed by atoms with Crippen molar-refractivity contribution >= 4 is 12.0 Å². The summed E-state index contributed by atoms with van der Waals surface area (Å²) in [5.41, 5.74) is 0. The molecule has 1 aromatic heterocycles. The second-order valence-corrected chi connectivity index (χ2v) is 5.13. The van der Waals surface area contributed by atoms with Gasteiger partial charge in [-0.05, 0) is 37.8 Å². The van der Waals surface area contributed by atoms with Crippen LogP contribution >= 0.6 is 0 Å². The van der Waals surface area contributed by atoms with E-state index in [1.807, 2.05) is 19.9 Å². The van der Waals surface area contributed by atoms with Gasteiger partial charge in [-0.15, -0.1) is 0 Å². The Hall–Kier alpha value is -1.98. The lowest BCUT2D eigenvalue weighted by atomic mass is 9.97. The standard InChI is InChI=1S/C15H24N2O4/c1-3-12(6-7-14(18)19)8-9-16-15(20)17-11(2)13-5-4-10-21-13/h4-5,10-12H,3,6-9H2,1-2H3,(H,18,19)(H2,16,17,20). The number of carboxylic acids is 1. The fourth-order valence-electron chi connectivity index (χ4n) is 2.13. The monoisotopic (exact) mass is 296 g/mol. The number of amides is 2. The molecule has 0 aliphatic rings. The molecule has 2 atom stereocenters. The zero-order chi connectivity index (χ0) is 15.7. The summed E-state index contributed by atoms with van der Waals surface area (Å²) in [5.74, 6) is 0.258. The molecule has 6 heteroatoms. The highest BCUT2D eigenvalue weighted by Crippen LogP contribution is 2.15. The van der Waals surface area contributed by atoms with E-state index in [1.165, 1.54) is 0 Å². The number of carbonyl (C=O) groups excluding carboxylic acids is 1. The fourth-order valence-corrected chi connectivity index (χ4v) is 2.13. The van der Waals surface area contributed by atoms with Crippen molar-refractivity contribution in [1.29, 1.82) is 0 Å². The third-order valence-electron chi connectivity index (χ3n) is 3.50. The van der Waals surface area contributed by atoms with Crippen molar-refractivity contribution in [3.05, 3.63) is 24.2 Å². The lowest BCUT2D eigenvalue weighted by molar-refractivity contribution is -0.137. The maximum Gasteiger partial charge on any atom is 0.315 e. The summed E-state index contributed by atoms with van der Waals surface area (Å²) in [6, 6.07) is 3.16. The third-order valence-corrected chi connectivity index (χ3v) is 3.50. The summed E-state index contributed by atoms with van der Waals surface area (Å²) in [6.45, 7) is 4.42. The topological polar surface area (TPSA) is 91.6 Å². The molecule has 0 aliphatic carbocycles. The van der Waals surface area contributed by atoms with Crippen LogP contribution < -0.4 is 10.6 Å². The van der Waals surface area contributed by atoms with Gasteiger partial charge in [-0.3, -0.25) is 4.79 Å². The second-order valence-electron chi connectivity index (χ2n) is 5.13. The highest BCUT2D eigenvalue weighted by Gasteiger charge is 2.12. The molecule has 0 aromatic carbocycles. The van der Waals surface area contributed by atoms with Crippen LogP contribution in [0, 0.1) is 5.92 Å². The van der Waals surface area contributed by atoms with Gasteiger partial charge in [-0.1, -0.05) is 13.3 Å². The van der Waals surface area contributed by atoms with Gasteiger partial charge in [0.25, 0.3) is 0 Å². The van der Waals surface area contributed by atoms with Crippen LogP contribution in [0.5, 0.6) is 0 Å². The predicted molar refractivity (Wildman–Crippen MR) is 78.9 cm³/mol. The van der Waals surface area contributed by atoms with E-state index < -0.39 is 5.97 Å². The SMILES string of the molecule is CCC(CCNC(=O)NC(C)c1ccco1)CCC(=O)O. The maximum absolute atomic E-state index is 11.7. The molecule has 0 saturated heterocycles. The fraction of sp³-hybridized carbons (Fsp3) is 0.600. The average molecular weight is 296 g/mol. The number of nitrogens with one attached hydrogen (secondary N) is 2. The Bertz CT molecular complexity index is 431. The van der Waals surface area contributed by atoms with Gasteiger partial charge >= 0.3 is 12.0 Å². The second kappa shape index (κ2) is 9.05. The molecule has 2 unspecified atom stereocenters. The van der Waals surface area contributed by atoms with Gasteiger partial charge in [-0.2, -0.15) is 0 Å². The molecule has 0 aliphatic heterocycles. The number of aliphatic carboxylic acids is 1. The number of furan rings is 1. The summed E-state index contributed by atoms with van der Waals surface area (Å²) in [6.07, 6.45) is 4.10. The van der Waals surface area contributed by atoms with Gasteiger partial charge in [0.15, 0.2) is 0 Å². The van der Waals surface area contributed by atoms with Crippen molar-refractivity contribution in [2.45, 2.75) is 45.6 Å². The van der Waals surface area contributed by atoms with Gasteiger partial charge in [0, 0.05) is 13.0 Å². The van der Waals surface area contributed by atoms with Crippen LogP contribution in [0.1, 0.15) is 51.3 Å². The number of urea groups is 1. The highest BCUT2D eigenvalue weighted by atomic mass is 16.4. The van der Waals surface area contributed by atoms with Crippen LogP contribution in [-0.2, 0) is 4.79 Å². The molecule has 21 heavy (non-hydrogen) atoms. The summed E-state index contributed by atoms with van der Waals surface area (Å²) < 4.78 is 5.21. The van der Waals surface area contributed by atoms with Crippen LogP contribution in [0.3, 0.4) is 0 Å². The van der Waals surface area contributed by atoms with E-state index in [9.17, 15) is 9.59 Å². The first kappa shape index (κ1) is 17.1. The first-order valence-corrected chi connectivity index (χ1v) is 7.32. The van der Waals surface area contributed by atoms with Gasteiger partial charge in [0.2, 0.25) is 0 Å². The van der Waals surface area contributed by atoms with Gasteiger partial charge in [0.05, 0.1) is 12.3 Å². The molecule has 0 fully saturated rings. The molecule has 3 N–H and O–H groups in total. The first-order chi connectivity index (χ1) is 10.0. The van der Waals surface area contributed by atoms with E-state index in [0.29, 0.717) is 24.6 Å². The molecule has 1 heterocycles. The highest BCUT2D eigenvalue weighted by molar-refractivity contribution is 5.74. The summed E-state index contributed by atoms with van der Waals surface area (Å²) in [7, 11) is 0. The van der Waals surface area contributed by atoms with Crippen molar-refractivity contribution in [2.24, 2.45) is 5.92 Å². The first-order valence-electron chi connectivity index (χ1n) is 7.32. The zero-order valence-corrected chi connectivity index (χ0v) is 12.6. The van der Waals surface area contributed by atoms with Crippen LogP contribution in [-0.4, -0.2) is 23.7 Å². The molecule has 1 aromatic rings. The molecule has 1 rings (SSSR count). The number of hydrogen-bond acceptors (Lipinski definition) is 3. The lowest BCUT2D eigenvalue weighted by Gasteiger charge is -2.16. The van der Waals surface area contributed by atoms with E-state index in [4.69, 9.17) is 9.52 Å². The Morgan fingerprint density at radius 2 is 2.14 bits per heavy atom. The number of carboxylic acid groups (broad SMARTS) is 1. The van der Waals surface area contributed by atoms with Crippen LogP contribution in [0.25, 0.3) is 0 Å². The summed E-state index contributed by atoms with van der Waals surface area (Å²) in [5, 5.41) is 14.2. The summed E-state index contributed by atoms with van der Waals surface area (Å²) in [4.78, 5) is 22.3. The molecule has 0 spiro atoms. The van der Waals surface area contributed by atoms with Gasteiger partial charge in [-0.25, -0.2) is 4.79 Å². The summed E-state index contributed by atoms with van der Waals surface area (Å²) >= 11 is 0. The Morgan fingerprint density at radius 3 is 2.71 bits per heavy atom. The molecule has 2 amide bonds. The zero-order valence-electron chi connectivity index (χ0n) is 12.6. The minimum absolute atomic E-state index is 0.181. The van der Waals surface area contributed by atoms with Crippen LogP contribution in [0.4, 0.5) is 4.79 Å². The van der Waals surface area contributed by atoms with Crippen LogP contribution in [0.2, 0.25) is 0 Å². The number of carbonyl (C=O) groups is 2. The van der Waals surface area contributed by atoms with Gasteiger partial charge < -0.3 is 20.2 Å². The van der Waals surface area contributed by atoms with E-state index in [-0.39, 0.29) is 18.5 Å². The largest absolute Gasteiger partial charge is 0.481 e. The quantitative estimate of drug-likeness (QED) is 0.653. The Morgan fingerprint density at radius 1 is 1.38 bits per heavy atom.